The normalized spacial score (nSPS) is 10.8. The summed E-state index contributed by atoms with van der Waals surface area (Å²) >= 11 is 1.52. The Morgan fingerprint density at radius 1 is 1.11 bits per heavy atom. The van der Waals surface area contributed by atoms with Gasteiger partial charge in [0.2, 0.25) is 0 Å². The molecule has 0 saturated heterocycles. The summed E-state index contributed by atoms with van der Waals surface area (Å²) in [6, 6.07) is 13.5. The van der Waals surface area contributed by atoms with Crippen LogP contribution >= 0.6 is 23.7 Å². The van der Waals surface area contributed by atoms with Gasteiger partial charge < -0.3 is 9.64 Å². The molecule has 0 aliphatic carbocycles. The van der Waals surface area contributed by atoms with Gasteiger partial charge in [-0.2, -0.15) is 0 Å². The van der Waals surface area contributed by atoms with Crippen molar-refractivity contribution in [1.29, 1.82) is 0 Å². The molecule has 0 atom stereocenters. The summed E-state index contributed by atoms with van der Waals surface area (Å²) in [5.41, 5.74) is 2.61. The van der Waals surface area contributed by atoms with Gasteiger partial charge in [-0.15, -0.1) is 12.4 Å². The number of hydrogen-bond donors (Lipinski definition) is 0. The molecule has 1 heterocycles. The fourth-order valence-electron chi connectivity index (χ4n) is 2.87. The quantitative estimate of drug-likeness (QED) is 0.560. The number of fused-ring (bicyclic) bond motifs is 1. The van der Waals surface area contributed by atoms with E-state index in [0.29, 0.717) is 17.2 Å². The molecule has 7 heteroatoms. The van der Waals surface area contributed by atoms with E-state index in [1.807, 2.05) is 63.5 Å². The highest BCUT2D eigenvalue weighted by Gasteiger charge is 2.22. The van der Waals surface area contributed by atoms with Gasteiger partial charge in [0.1, 0.15) is 11.3 Å². The Bertz CT molecular complexity index is 925. The zero-order valence-corrected chi connectivity index (χ0v) is 18.3. The Balaban J connectivity index is 0.00000280. The number of ether oxygens (including phenoxy) is 1. The van der Waals surface area contributed by atoms with Gasteiger partial charge in [-0.3, -0.25) is 9.69 Å². The number of methoxy groups -OCH3 is 1. The van der Waals surface area contributed by atoms with Crippen LogP contribution in [0.2, 0.25) is 0 Å². The molecule has 1 aromatic heterocycles. The summed E-state index contributed by atoms with van der Waals surface area (Å²) in [6.07, 6.45) is 0.873. The number of aryl methyl sites for hydroxylation is 1. The Morgan fingerprint density at radius 3 is 2.46 bits per heavy atom. The maximum Gasteiger partial charge on any atom is 0.260 e. The van der Waals surface area contributed by atoms with E-state index >= 15 is 0 Å². The minimum absolute atomic E-state index is 0. The molecule has 0 radical (unpaired) electrons. The third-order valence-corrected chi connectivity index (χ3v) is 5.40. The van der Waals surface area contributed by atoms with Gasteiger partial charge in [0.15, 0.2) is 5.13 Å². The van der Waals surface area contributed by atoms with E-state index in [-0.39, 0.29) is 18.3 Å². The Hall–Kier alpha value is -2.15. The summed E-state index contributed by atoms with van der Waals surface area (Å²) in [4.78, 5) is 21.9. The molecule has 0 spiro atoms. The fourth-order valence-corrected chi connectivity index (χ4v) is 3.88. The van der Waals surface area contributed by atoms with Crippen molar-refractivity contribution in [3.05, 3.63) is 53.6 Å². The lowest BCUT2D eigenvalue weighted by Gasteiger charge is -2.21. The molecule has 3 rings (SSSR count). The van der Waals surface area contributed by atoms with Crippen molar-refractivity contribution < 1.29 is 9.53 Å². The first kappa shape index (κ1) is 22.1. The summed E-state index contributed by atoms with van der Waals surface area (Å²) in [7, 11) is 5.71. The minimum atomic E-state index is -0.0215. The van der Waals surface area contributed by atoms with Crippen molar-refractivity contribution >= 4 is 45.0 Å². The summed E-state index contributed by atoms with van der Waals surface area (Å²) in [5, 5.41) is 0.707. The molecule has 0 aliphatic rings. The summed E-state index contributed by atoms with van der Waals surface area (Å²) in [6.45, 7) is 3.54. The number of anilines is 1. The predicted molar refractivity (Wildman–Crippen MR) is 119 cm³/mol. The zero-order valence-electron chi connectivity index (χ0n) is 16.6. The number of nitrogens with zero attached hydrogens (tertiary/aromatic N) is 3. The standard InChI is InChI=1S/C21H25N3O2S.ClH/c1-15-9-11-16(12-10-15)20(25)24(14-6-13-23(2)3)21-22-19-17(26-4)7-5-8-18(19)27-21;/h5,7-12H,6,13-14H2,1-4H3;1H. The largest absolute Gasteiger partial charge is 0.494 e. The lowest BCUT2D eigenvalue weighted by atomic mass is 10.1. The van der Waals surface area contributed by atoms with Crippen molar-refractivity contribution in [2.24, 2.45) is 0 Å². The molecular weight excluding hydrogens is 394 g/mol. The average Bonchev–Trinajstić information content (AvgIpc) is 3.09. The zero-order chi connectivity index (χ0) is 19.4. The number of hydrogen-bond acceptors (Lipinski definition) is 5. The van der Waals surface area contributed by atoms with Crippen LogP contribution in [0.25, 0.3) is 10.2 Å². The Kier molecular flexibility index (Phi) is 7.80. The topological polar surface area (TPSA) is 45.7 Å². The number of rotatable bonds is 7. The molecule has 150 valence electrons. The van der Waals surface area contributed by atoms with Crippen LogP contribution in [-0.4, -0.2) is 50.1 Å². The molecule has 28 heavy (non-hydrogen) atoms. The van der Waals surface area contributed by atoms with Gasteiger partial charge in [-0.25, -0.2) is 4.98 Å². The first-order chi connectivity index (χ1) is 13.0. The van der Waals surface area contributed by atoms with Gasteiger partial charge >= 0.3 is 0 Å². The van der Waals surface area contributed by atoms with Crippen molar-refractivity contribution in [2.45, 2.75) is 13.3 Å². The van der Waals surface area contributed by atoms with Crippen molar-refractivity contribution in [1.82, 2.24) is 9.88 Å². The second-order valence-electron chi connectivity index (χ2n) is 6.78. The molecule has 2 aromatic carbocycles. The van der Waals surface area contributed by atoms with E-state index in [2.05, 4.69) is 4.90 Å². The Morgan fingerprint density at radius 2 is 1.82 bits per heavy atom. The maximum absolute atomic E-state index is 13.2. The highest BCUT2D eigenvalue weighted by Crippen LogP contribution is 2.34. The minimum Gasteiger partial charge on any atom is -0.494 e. The Labute approximate surface area is 176 Å². The van der Waals surface area contributed by atoms with E-state index in [0.717, 1.165) is 34.5 Å². The van der Waals surface area contributed by atoms with Gasteiger partial charge in [0.25, 0.3) is 5.91 Å². The van der Waals surface area contributed by atoms with E-state index in [1.54, 1.807) is 12.0 Å². The van der Waals surface area contributed by atoms with Crippen LogP contribution in [0.1, 0.15) is 22.3 Å². The van der Waals surface area contributed by atoms with E-state index in [9.17, 15) is 4.79 Å². The van der Waals surface area contributed by atoms with Gasteiger partial charge in [0, 0.05) is 12.1 Å². The molecule has 0 saturated carbocycles. The number of aromatic nitrogens is 1. The highest BCUT2D eigenvalue weighted by molar-refractivity contribution is 7.22. The van der Waals surface area contributed by atoms with Gasteiger partial charge in [0.05, 0.1) is 11.8 Å². The lowest BCUT2D eigenvalue weighted by Crippen LogP contribution is -2.33. The first-order valence-corrected chi connectivity index (χ1v) is 9.78. The third-order valence-electron chi connectivity index (χ3n) is 4.35. The van der Waals surface area contributed by atoms with Crippen LogP contribution in [0.5, 0.6) is 5.75 Å². The molecule has 0 aliphatic heterocycles. The second kappa shape index (κ2) is 9.87. The number of para-hydroxylation sites is 1. The number of carbonyl (C=O) groups is 1. The molecule has 1 amide bonds. The summed E-state index contributed by atoms with van der Waals surface area (Å²) < 4.78 is 6.44. The molecule has 0 fully saturated rings. The van der Waals surface area contributed by atoms with E-state index in [4.69, 9.17) is 9.72 Å². The fraction of sp³-hybridized carbons (Fsp3) is 0.333. The SMILES string of the molecule is COc1cccc2sc(N(CCCN(C)C)C(=O)c3ccc(C)cc3)nc12.Cl. The van der Waals surface area contributed by atoms with Crippen LogP contribution in [0.4, 0.5) is 5.13 Å². The average molecular weight is 420 g/mol. The van der Waals surface area contributed by atoms with Crippen molar-refractivity contribution in [3.63, 3.8) is 0 Å². The molecule has 5 nitrogen and oxygen atoms in total. The third kappa shape index (κ3) is 5.01. The number of benzene rings is 2. The van der Waals surface area contributed by atoms with Crippen LogP contribution in [0.15, 0.2) is 42.5 Å². The number of halogens is 1. The first-order valence-electron chi connectivity index (χ1n) is 8.96. The smallest absolute Gasteiger partial charge is 0.260 e. The predicted octanol–water partition coefficient (Wildman–Crippen LogP) is 4.63. The number of carbonyl (C=O) groups excluding carboxylic acids is 1. The molecule has 0 bridgehead atoms. The van der Waals surface area contributed by atoms with Gasteiger partial charge in [-0.05, 0) is 58.3 Å². The van der Waals surface area contributed by atoms with E-state index < -0.39 is 0 Å². The van der Waals surface area contributed by atoms with Crippen LogP contribution in [0, 0.1) is 6.92 Å². The second-order valence-corrected chi connectivity index (χ2v) is 7.79. The molecule has 0 unspecified atom stereocenters. The van der Waals surface area contributed by atoms with E-state index in [1.165, 1.54) is 11.3 Å². The number of thiazole rings is 1. The van der Waals surface area contributed by atoms with Crippen LogP contribution in [0.3, 0.4) is 0 Å². The van der Waals surface area contributed by atoms with Crippen LogP contribution < -0.4 is 9.64 Å². The van der Waals surface area contributed by atoms with Crippen molar-refractivity contribution in [2.75, 3.05) is 39.2 Å². The number of amides is 1. The van der Waals surface area contributed by atoms with Gasteiger partial charge in [-0.1, -0.05) is 35.1 Å². The highest BCUT2D eigenvalue weighted by atomic mass is 35.5. The molecule has 3 aromatic rings. The van der Waals surface area contributed by atoms with Crippen molar-refractivity contribution in [3.8, 4) is 5.75 Å². The maximum atomic E-state index is 13.2. The van der Waals surface area contributed by atoms with Crippen LogP contribution in [-0.2, 0) is 0 Å². The monoisotopic (exact) mass is 419 g/mol. The summed E-state index contributed by atoms with van der Waals surface area (Å²) in [5.74, 6) is 0.706. The molecule has 0 N–H and O–H groups in total. The molecular formula is C21H26ClN3O2S. The lowest BCUT2D eigenvalue weighted by molar-refractivity contribution is 0.0986.